The van der Waals surface area contributed by atoms with E-state index in [2.05, 4.69) is 15.3 Å². The summed E-state index contributed by atoms with van der Waals surface area (Å²) in [6.45, 7) is 0. The fraction of sp³-hybridized carbons (Fsp3) is 0.167. The lowest BCUT2D eigenvalue weighted by Gasteiger charge is -2.08. The average Bonchev–Trinajstić information content (AvgIpc) is 2.68. The lowest BCUT2D eigenvalue weighted by Crippen LogP contribution is -2.23. The van der Waals surface area contributed by atoms with Gasteiger partial charge in [-0.05, 0) is 18.2 Å². The van der Waals surface area contributed by atoms with Crippen molar-refractivity contribution >= 4 is 52.0 Å². The van der Waals surface area contributed by atoms with Crippen LogP contribution in [0.4, 0.5) is 5.69 Å². The van der Waals surface area contributed by atoms with Crippen molar-refractivity contribution in [1.82, 2.24) is 0 Å². The third-order valence-corrected chi connectivity index (χ3v) is 3.71. The first-order chi connectivity index (χ1) is 9.94. The molecule has 7 nitrogen and oxygen atoms in total. The zero-order valence-corrected chi connectivity index (χ0v) is 12.3. The largest absolute Gasteiger partial charge is 0.370 e. The highest BCUT2D eigenvalue weighted by atomic mass is 35.5. The van der Waals surface area contributed by atoms with Crippen molar-refractivity contribution in [3.63, 3.8) is 0 Å². The van der Waals surface area contributed by atoms with Gasteiger partial charge in [-0.1, -0.05) is 29.4 Å². The molecule has 0 radical (unpaired) electrons. The number of hydrogen-bond acceptors (Lipinski definition) is 4. The van der Waals surface area contributed by atoms with Crippen molar-refractivity contribution in [2.24, 2.45) is 21.5 Å². The van der Waals surface area contributed by atoms with Crippen LogP contribution < -0.4 is 16.8 Å². The van der Waals surface area contributed by atoms with E-state index in [0.29, 0.717) is 10.7 Å². The Hall–Kier alpha value is -2.06. The van der Waals surface area contributed by atoms with Gasteiger partial charge in [0, 0.05) is 17.1 Å². The molecule has 0 saturated heterocycles. The zero-order valence-electron chi connectivity index (χ0n) is 10.7. The number of carbonyl (C=O) groups excluding carboxylic acids is 2. The predicted octanol–water partition coefficient (Wildman–Crippen LogP) is 0.940. The Balaban J connectivity index is 1.93. The highest BCUT2D eigenvalue weighted by Gasteiger charge is 2.30. The average molecular weight is 326 g/mol. The van der Waals surface area contributed by atoms with Crippen molar-refractivity contribution < 1.29 is 9.59 Å². The smallest absolute Gasteiger partial charge is 0.262 e. The summed E-state index contributed by atoms with van der Waals surface area (Å²) in [6.07, 6.45) is -0.0248. The van der Waals surface area contributed by atoms with E-state index in [1.807, 2.05) is 0 Å². The summed E-state index contributed by atoms with van der Waals surface area (Å²) in [4.78, 5) is 30.9. The Morgan fingerprint density at radius 1 is 1.48 bits per heavy atom. The molecule has 1 aliphatic rings. The van der Waals surface area contributed by atoms with E-state index in [9.17, 15) is 9.59 Å². The summed E-state index contributed by atoms with van der Waals surface area (Å²) >= 11 is 6.88. The summed E-state index contributed by atoms with van der Waals surface area (Å²) in [7, 11) is 0. The van der Waals surface area contributed by atoms with Crippen LogP contribution in [0.25, 0.3) is 0 Å². The van der Waals surface area contributed by atoms with Gasteiger partial charge in [0.15, 0.2) is 11.1 Å². The number of aliphatic imine (C=N–C) groups is 2. The van der Waals surface area contributed by atoms with Crippen molar-refractivity contribution in [3.8, 4) is 0 Å². The van der Waals surface area contributed by atoms with Crippen LogP contribution in [0, 0.1) is 0 Å². The minimum Gasteiger partial charge on any atom is -0.370 e. The Kier molecular flexibility index (Phi) is 4.81. The number of halogens is 1. The number of nitrogens with zero attached hydrogens (tertiary/aromatic N) is 2. The molecule has 2 amide bonds. The summed E-state index contributed by atoms with van der Waals surface area (Å²) < 4.78 is 0. The fourth-order valence-corrected chi connectivity index (χ4v) is 2.74. The molecule has 0 bridgehead atoms. The maximum absolute atomic E-state index is 11.9. The number of nitrogens with two attached hydrogens (primary N) is 2. The Morgan fingerprint density at radius 3 is 2.90 bits per heavy atom. The maximum atomic E-state index is 11.9. The standard InChI is InChI=1S/C12H12ClN5O2S/c13-6-2-1-3-7(4-6)16-9(19)5-8-10(20)17-12(21-8)18-11(14)15/h1-4,8H,5H2,(H,16,19)(H4,14,15,17,18,20)/t8-/m0/s1. The number of benzene rings is 1. The van der Waals surface area contributed by atoms with Crippen molar-refractivity contribution in [1.29, 1.82) is 0 Å². The van der Waals surface area contributed by atoms with E-state index in [-0.39, 0.29) is 23.5 Å². The summed E-state index contributed by atoms with van der Waals surface area (Å²) in [5.41, 5.74) is 11.0. The van der Waals surface area contributed by atoms with Gasteiger partial charge in [0.25, 0.3) is 5.91 Å². The summed E-state index contributed by atoms with van der Waals surface area (Å²) in [5.74, 6) is -0.927. The Labute approximate surface area is 129 Å². The van der Waals surface area contributed by atoms with Crippen molar-refractivity contribution in [2.75, 3.05) is 5.32 Å². The number of amidine groups is 1. The molecule has 0 aromatic heterocycles. The van der Waals surface area contributed by atoms with Crippen LogP contribution in [-0.4, -0.2) is 28.2 Å². The molecule has 0 spiro atoms. The van der Waals surface area contributed by atoms with Gasteiger partial charge < -0.3 is 16.8 Å². The summed E-state index contributed by atoms with van der Waals surface area (Å²) in [6, 6.07) is 6.73. The molecular weight excluding hydrogens is 314 g/mol. The first-order valence-corrected chi connectivity index (χ1v) is 7.14. The monoisotopic (exact) mass is 325 g/mol. The molecule has 1 heterocycles. The van der Waals surface area contributed by atoms with Crippen LogP contribution in [0.15, 0.2) is 34.3 Å². The number of anilines is 1. The molecular formula is C12H12ClN5O2S. The Morgan fingerprint density at radius 2 is 2.24 bits per heavy atom. The molecule has 0 fully saturated rings. The lowest BCUT2D eigenvalue weighted by molar-refractivity contribution is -0.121. The second kappa shape index (κ2) is 6.59. The topological polar surface area (TPSA) is 123 Å². The van der Waals surface area contributed by atoms with Crippen LogP contribution in [-0.2, 0) is 9.59 Å². The molecule has 0 saturated carbocycles. The first kappa shape index (κ1) is 15.3. The van der Waals surface area contributed by atoms with E-state index in [1.165, 1.54) is 0 Å². The van der Waals surface area contributed by atoms with Gasteiger partial charge in [-0.25, -0.2) is 0 Å². The number of carbonyl (C=O) groups is 2. The molecule has 2 rings (SSSR count). The minimum atomic E-state index is -0.623. The van der Waals surface area contributed by atoms with Crippen molar-refractivity contribution in [3.05, 3.63) is 29.3 Å². The quantitative estimate of drug-likeness (QED) is 0.563. The van der Waals surface area contributed by atoms with E-state index < -0.39 is 11.2 Å². The first-order valence-electron chi connectivity index (χ1n) is 5.88. The summed E-state index contributed by atoms with van der Waals surface area (Å²) in [5, 5.41) is 2.72. The SMILES string of the molecule is NC(N)=NC1=NC(=O)[C@H](CC(=O)Nc2cccc(Cl)c2)S1. The van der Waals surface area contributed by atoms with E-state index in [0.717, 1.165) is 11.8 Å². The van der Waals surface area contributed by atoms with Gasteiger partial charge in [0.2, 0.25) is 5.91 Å². The molecule has 1 aromatic rings. The van der Waals surface area contributed by atoms with Crippen molar-refractivity contribution in [2.45, 2.75) is 11.7 Å². The van der Waals surface area contributed by atoms with Crippen LogP contribution in [0.2, 0.25) is 5.02 Å². The number of nitrogens with one attached hydrogen (secondary N) is 1. The van der Waals surface area contributed by atoms with Crippen LogP contribution in [0.3, 0.4) is 0 Å². The molecule has 0 aliphatic carbocycles. The van der Waals surface area contributed by atoms with Crippen LogP contribution in [0.5, 0.6) is 0 Å². The number of thioether (sulfide) groups is 1. The number of amides is 2. The minimum absolute atomic E-state index is 0.0248. The molecule has 0 unspecified atom stereocenters. The third kappa shape index (κ3) is 4.47. The van der Waals surface area contributed by atoms with Gasteiger partial charge >= 0.3 is 0 Å². The zero-order chi connectivity index (χ0) is 15.4. The predicted molar refractivity (Wildman–Crippen MR) is 84.3 cm³/mol. The van der Waals surface area contributed by atoms with Gasteiger partial charge in [0.05, 0.1) is 0 Å². The second-order valence-corrected chi connectivity index (χ2v) is 5.74. The van der Waals surface area contributed by atoms with E-state index in [4.69, 9.17) is 23.1 Å². The second-order valence-electron chi connectivity index (χ2n) is 4.14. The number of hydrogen-bond donors (Lipinski definition) is 3. The highest BCUT2D eigenvalue weighted by molar-refractivity contribution is 8.15. The molecule has 110 valence electrons. The Bertz CT molecular complexity index is 642. The molecule has 9 heteroatoms. The fourth-order valence-electron chi connectivity index (χ4n) is 1.61. The van der Waals surface area contributed by atoms with Crippen LogP contribution >= 0.6 is 23.4 Å². The molecule has 1 aliphatic heterocycles. The van der Waals surface area contributed by atoms with Crippen LogP contribution in [0.1, 0.15) is 6.42 Å². The molecule has 21 heavy (non-hydrogen) atoms. The lowest BCUT2D eigenvalue weighted by atomic mass is 10.2. The van der Waals surface area contributed by atoms with E-state index >= 15 is 0 Å². The molecule has 1 aromatic carbocycles. The third-order valence-electron chi connectivity index (χ3n) is 2.43. The van der Waals surface area contributed by atoms with E-state index in [1.54, 1.807) is 24.3 Å². The maximum Gasteiger partial charge on any atom is 0.262 e. The van der Waals surface area contributed by atoms with Gasteiger partial charge in [0.1, 0.15) is 5.25 Å². The normalized spacial score (nSPS) is 17.3. The molecule has 1 atom stereocenters. The van der Waals surface area contributed by atoms with Gasteiger partial charge in [-0.2, -0.15) is 9.98 Å². The van der Waals surface area contributed by atoms with Gasteiger partial charge in [-0.3, -0.25) is 9.59 Å². The van der Waals surface area contributed by atoms with Gasteiger partial charge in [-0.15, -0.1) is 0 Å². The highest BCUT2D eigenvalue weighted by Crippen LogP contribution is 2.26. The number of rotatable bonds is 3. The molecule has 5 N–H and O–H groups in total. The number of guanidine groups is 1.